The molecule has 0 spiro atoms. The highest BCUT2D eigenvalue weighted by atomic mass is 16.3. The number of aromatic hydroxyl groups is 1. The van der Waals surface area contributed by atoms with Crippen LogP contribution in [0, 0.1) is 0 Å². The molecule has 0 fully saturated rings. The minimum absolute atomic E-state index is 0.0655. The molecular formula is C9H8N4O2. The summed E-state index contributed by atoms with van der Waals surface area (Å²) in [6, 6.07) is 4.57. The van der Waals surface area contributed by atoms with Crippen molar-refractivity contribution >= 4 is 6.29 Å². The van der Waals surface area contributed by atoms with Gasteiger partial charge in [0.05, 0.1) is 5.56 Å². The van der Waals surface area contributed by atoms with Crippen LogP contribution in [0.1, 0.15) is 22.8 Å². The van der Waals surface area contributed by atoms with Crippen LogP contribution >= 0.6 is 0 Å². The number of aldehydes is 1. The molecule has 1 heterocycles. The van der Waals surface area contributed by atoms with E-state index >= 15 is 0 Å². The lowest BCUT2D eigenvalue weighted by Crippen LogP contribution is -2.13. The molecule has 1 aromatic carbocycles. The van der Waals surface area contributed by atoms with Gasteiger partial charge in [0.15, 0.2) is 6.29 Å². The van der Waals surface area contributed by atoms with Crippen molar-refractivity contribution in [2.24, 2.45) is 20.7 Å². The SMILES string of the molecule is CC1(c2ccc(O)c(C=O)c2)N=NN=N1. The van der Waals surface area contributed by atoms with E-state index in [1.807, 2.05) is 0 Å². The lowest BCUT2D eigenvalue weighted by Gasteiger charge is -2.14. The minimum atomic E-state index is -0.883. The molecule has 0 aliphatic carbocycles. The third-order valence-electron chi connectivity index (χ3n) is 2.22. The Kier molecular flexibility index (Phi) is 2.03. The lowest BCUT2D eigenvalue weighted by atomic mass is 10.0. The van der Waals surface area contributed by atoms with E-state index in [4.69, 9.17) is 0 Å². The standard InChI is InChI=1S/C9H8N4O2/c1-9(10-12-13-11-9)7-2-3-8(15)6(4-7)5-14/h2-5,15H,1H3. The number of hydrogen-bond donors (Lipinski definition) is 1. The van der Waals surface area contributed by atoms with Crippen LogP contribution in [0.4, 0.5) is 0 Å². The molecule has 1 aromatic rings. The van der Waals surface area contributed by atoms with Gasteiger partial charge in [-0.1, -0.05) is 6.07 Å². The highest BCUT2D eigenvalue weighted by Gasteiger charge is 2.29. The molecule has 0 saturated heterocycles. The Labute approximate surface area is 85.3 Å². The molecule has 0 aromatic heterocycles. The van der Waals surface area contributed by atoms with Crippen molar-refractivity contribution in [3.63, 3.8) is 0 Å². The van der Waals surface area contributed by atoms with Gasteiger partial charge in [-0.3, -0.25) is 4.79 Å². The lowest BCUT2D eigenvalue weighted by molar-refractivity contribution is 0.112. The summed E-state index contributed by atoms with van der Waals surface area (Å²) in [6.45, 7) is 1.72. The van der Waals surface area contributed by atoms with Gasteiger partial charge in [0, 0.05) is 5.56 Å². The second-order valence-corrected chi connectivity index (χ2v) is 3.29. The van der Waals surface area contributed by atoms with Crippen LogP contribution in [0.5, 0.6) is 5.75 Å². The molecule has 1 N–H and O–H groups in total. The van der Waals surface area contributed by atoms with Gasteiger partial charge < -0.3 is 5.11 Å². The van der Waals surface area contributed by atoms with E-state index in [0.717, 1.165) is 0 Å². The summed E-state index contributed by atoms with van der Waals surface area (Å²) in [4.78, 5) is 10.6. The van der Waals surface area contributed by atoms with Crippen LogP contribution in [0.2, 0.25) is 0 Å². The number of rotatable bonds is 2. The summed E-state index contributed by atoms with van der Waals surface area (Å²) in [5, 5.41) is 23.8. The normalized spacial score (nSPS) is 16.9. The van der Waals surface area contributed by atoms with Crippen LogP contribution in [0.25, 0.3) is 0 Å². The molecule has 0 bridgehead atoms. The minimum Gasteiger partial charge on any atom is -0.507 e. The summed E-state index contributed by atoms with van der Waals surface area (Å²) in [6.07, 6.45) is 0.575. The zero-order chi connectivity index (χ0) is 10.9. The maximum Gasteiger partial charge on any atom is 0.217 e. The van der Waals surface area contributed by atoms with Gasteiger partial charge in [0.1, 0.15) is 5.75 Å². The van der Waals surface area contributed by atoms with Crippen LogP contribution in [0.15, 0.2) is 38.9 Å². The van der Waals surface area contributed by atoms with Gasteiger partial charge in [0.2, 0.25) is 5.66 Å². The van der Waals surface area contributed by atoms with E-state index < -0.39 is 5.66 Å². The third kappa shape index (κ3) is 1.50. The van der Waals surface area contributed by atoms with E-state index in [0.29, 0.717) is 11.8 Å². The van der Waals surface area contributed by atoms with E-state index in [1.54, 1.807) is 13.0 Å². The monoisotopic (exact) mass is 204 g/mol. The van der Waals surface area contributed by atoms with E-state index in [-0.39, 0.29) is 11.3 Å². The number of phenolic OH excluding ortho intramolecular Hbond substituents is 1. The van der Waals surface area contributed by atoms with Gasteiger partial charge in [-0.15, -0.1) is 10.2 Å². The predicted octanol–water partition coefficient (Wildman–Crippen LogP) is 2.21. The van der Waals surface area contributed by atoms with Gasteiger partial charge in [-0.25, -0.2) is 0 Å². The van der Waals surface area contributed by atoms with E-state index in [2.05, 4.69) is 20.7 Å². The molecule has 6 nitrogen and oxygen atoms in total. The summed E-state index contributed by atoms with van der Waals surface area (Å²) in [7, 11) is 0. The van der Waals surface area contributed by atoms with Crippen molar-refractivity contribution < 1.29 is 9.90 Å². The highest BCUT2D eigenvalue weighted by molar-refractivity contribution is 5.79. The predicted molar refractivity (Wildman–Crippen MR) is 50.6 cm³/mol. The Bertz CT molecular complexity index is 455. The molecule has 0 saturated carbocycles. The van der Waals surface area contributed by atoms with Crippen LogP contribution < -0.4 is 0 Å². The maximum atomic E-state index is 10.6. The van der Waals surface area contributed by atoms with Crippen molar-refractivity contribution in [1.82, 2.24) is 0 Å². The second-order valence-electron chi connectivity index (χ2n) is 3.29. The molecule has 2 rings (SSSR count). The molecule has 0 atom stereocenters. The Balaban J connectivity index is 2.50. The van der Waals surface area contributed by atoms with E-state index in [9.17, 15) is 9.90 Å². The number of nitrogens with zero attached hydrogens (tertiary/aromatic N) is 4. The Hall–Kier alpha value is -2.11. The van der Waals surface area contributed by atoms with E-state index in [1.165, 1.54) is 12.1 Å². The molecular weight excluding hydrogens is 196 g/mol. The fourth-order valence-corrected chi connectivity index (χ4v) is 1.29. The van der Waals surface area contributed by atoms with Crippen LogP contribution in [-0.2, 0) is 5.66 Å². The molecule has 6 heteroatoms. The fraction of sp³-hybridized carbons (Fsp3) is 0.222. The van der Waals surface area contributed by atoms with Crippen molar-refractivity contribution in [3.05, 3.63) is 29.3 Å². The topological polar surface area (TPSA) is 86.7 Å². The zero-order valence-corrected chi connectivity index (χ0v) is 7.95. The largest absolute Gasteiger partial charge is 0.507 e. The maximum absolute atomic E-state index is 10.6. The third-order valence-corrected chi connectivity index (χ3v) is 2.22. The van der Waals surface area contributed by atoms with Gasteiger partial charge in [0.25, 0.3) is 0 Å². The number of benzene rings is 1. The molecule has 1 aliphatic heterocycles. The molecule has 0 unspecified atom stereocenters. The van der Waals surface area contributed by atoms with Crippen molar-refractivity contribution in [2.75, 3.05) is 0 Å². The second kappa shape index (κ2) is 3.23. The van der Waals surface area contributed by atoms with Crippen molar-refractivity contribution in [1.29, 1.82) is 0 Å². The Morgan fingerprint density at radius 1 is 1.33 bits per heavy atom. The molecule has 15 heavy (non-hydrogen) atoms. The quantitative estimate of drug-likeness (QED) is 0.748. The Morgan fingerprint density at radius 2 is 2.00 bits per heavy atom. The van der Waals surface area contributed by atoms with Gasteiger partial charge >= 0.3 is 0 Å². The van der Waals surface area contributed by atoms with Gasteiger partial charge in [-0.05, 0) is 29.5 Å². The number of phenols is 1. The summed E-state index contributed by atoms with van der Waals surface area (Å²) < 4.78 is 0. The van der Waals surface area contributed by atoms with Crippen LogP contribution in [0.3, 0.4) is 0 Å². The summed E-state index contributed by atoms with van der Waals surface area (Å²) in [5.41, 5.74) is -0.0238. The molecule has 0 amide bonds. The van der Waals surface area contributed by atoms with Gasteiger partial charge in [-0.2, -0.15) is 0 Å². The molecule has 0 radical (unpaired) electrons. The zero-order valence-electron chi connectivity index (χ0n) is 7.95. The molecule has 76 valence electrons. The first-order chi connectivity index (χ1) is 7.15. The first-order valence-corrected chi connectivity index (χ1v) is 4.28. The Morgan fingerprint density at radius 3 is 2.60 bits per heavy atom. The summed E-state index contributed by atoms with van der Waals surface area (Å²) in [5.74, 6) is -0.0655. The number of hydrogen-bond acceptors (Lipinski definition) is 6. The summed E-state index contributed by atoms with van der Waals surface area (Å²) >= 11 is 0. The van der Waals surface area contributed by atoms with Crippen LogP contribution in [-0.4, -0.2) is 11.4 Å². The van der Waals surface area contributed by atoms with Crippen molar-refractivity contribution in [3.8, 4) is 5.75 Å². The number of carbonyl (C=O) groups is 1. The van der Waals surface area contributed by atoms with Crippen molar-refractivity contribution in [2.45, 2.75) is 12.6 Å². The first-order valence-electron chi connectivity index (χ1n) is 4.28. The highest BCUT2D eigenvalue weighted by Crippen LogP contribution is 2.33. The first kappa shape index (κ1) is 9.45. The average molecular weight is 204 g/mol. The molecule has 1 aliphatic rings. The smallest absolute Gasteiger partial charge is 0.217 e. The number of carbonyl (C=O) groups excluding carboxylic acids is 1. The fourth-order valence-electron chi connectivity index (χ4n) is 1.29. The average Bonchev–Trinajstić information content (AvgIpc) is 2.67.